The van der Waals surface area contributed by atoms with Gasteiger partial charge in [-0.15, -0.1) is 0 Å². The average molecular weight is 355 g/mol. The minimum atomic E-state index is -0.431. The number of ether oxygens (including phenoxy) is 1. The highest BCUT2D eigenvalue weighted by Gasteiger charge is 2.20. The molecule has 2 amide bonds. The molecule has 0 saturated carbocycles. The van der Waals surface area contributed by atoms with Gasteiger partial charge in [0.2, 0.25) is 11.8 Å². The summed E-state index contributed by atoms with van der Waals surface area (Å²) >= 11 is 0. The van der Waals surface area contributed by atoms with Gasteiger partial charge in [0, 0.05) is 19.8 Å². The van der Waals surface area contributed by atoms with Crippen molar-refractivity contribution in [1.29, 1.82) is 0 Å². The summed E-state index contributed by atoms with van der Waals surface area (Å²) in [7, 11) is 5.14. The van der Waals surface area contributed by atoms with Gasteiger partial charge < -0.3 is 15.0 Å². The summed E-state index contributed by atoms with van der Waals surface area (Å²) in [4.78, 5) is 27.4. The number of benzene rings is 2. The molecule has 2 aromatic rings. The maximum atomic E-state index is 12.4. The lowest BCUT2D eigenvalue weighted by atomic mass is 10.2. The number of hydrogen-bond acceptors (Lipinski definition) is 4. The molecule has 1 N–H and O–H groups in total. The second kappa shape index (κ2) is 9.01. The molecule has 26 heavy (non-hydrogen) atoms. The third-order valence-corrected chi connectivity index (χ3v) is 4.02. The van der Waals surface area contributed by atoms with Gasteiger partial charge in [0.15, 0.2) is 0 Å². The van der Waals surface area contributed by atoms with E-state index in [4.69, 9.17) is 4.74 Å². The molecule has 0 bridgehead atoms. The standard InChI is InChI=1S/C20H25N3O3/c1-15(23(4)14-19(24)22(2)3)20(25)21-16-10-12-18(13-11-16)26-17-8-6-5-7-9-17/h5-13,15H,14H2,1-4H3,(H,21,25)/t15-/m0/s1. The van der Waals surface area contributed by atoms with Gasteiger partial charge in [-0.2, -0.15) is 0 Å². The number of carbonyl (C=O) groups is 2. The lowest BCUT2D eigenvalue weighted by molar-refractivity contribution is -0.131. The summed E-state index contributed by atoms with van der Waals surface area (Å²) in [6.07, 6.45) is 0. The molecule has 0 saturated heterocycles. The number of nitrogens with one attached hydrogen (secondary N) is 1. The van der Waals surface area contributed by atoms with E-state index in [9.17, 15) is 9.59 Å². The molecule has 0 heterocycles. The first kappa shape index (κ1) is 19.5. The molecule has 138 valence electrons. The van der Waals surface area contributed by atoms with E-state index in [0.717, 1.165) is 5.75 Å². The van der Waals surface area contributed by atoms with Crippen molar-refractivity contribution in [1.82, 2.24) is 9.80 Å². The van der Waals surface area contributed by atoms with Crippen LogP contribution in [0.25, 0.3) is 0 Å². The largest absolute Gasteiger partial charge is 0.457 e. The first-order chi connectivity index (χ1) is 12.4. The zero-order valence-electron chi connectivity index (χ0n) is 15.6. The fraction of sp³-hybridized carbons (Fsp3) is 0.300. The first-order valence-corrected chi connectivity index (χ1v) is 8.41. The molecule has 0 unspecified atom stereocenters. The minimum Gasteiger partial charge on any atom is -0.457 e. The normalized spacial score (nSPS) is 11.7. The lowest BCUT2D eigenvalue weighted by Crippen LogP contribution is -2.44. The first-order valence-electron chi connectivity index (χ1n) is 8.41. The molecule has 0 spiro atoms. The molecule has 6 nitrogen and oxygen atoms in total. The SMILES string of the molecule is C[C@@H](C(=O)Nc1ccc(Oc2ccccc2)cc1)N(C)CC(=O)N(C)C. The molecule has 0 radical (unpaired) electrons. The number of carbonyl (C=O) groups excluding carboxylic acids is 2. The van der Waals surface area contributed by atoms with Crippen molar-refractivity contribution in [2.24, 2.45) is 0 Å². The van der Waals surface area contributed by atoms with Crippen molar-refractivity contribution in [3.63, 3.8) is 0 Å². The zero-order valence-corrected chi connectivity index (χ0v) is 15.6. The van der Waals surface area contributed by atoms with E-state index in [-0.39, 0.29) is 18.4 Å². The van der Waals surface area contributed by atoms with Gasteiger partial charge in [-0.1, -0.05) is 18.2 Å². The number of anilines is 1. The third-order valence-electron chi connectivity index (χ3n) is 4.02. The Morgan fingerprint density at radius 3 is 2.12 bits per heavy atom. The Morgan fingerprint density at radius 2 is 1.54 bits per heavy atom. The fourth-order valence-electron chi connectivity index (χ4n) is 2.17. The molecule has 6 heteroatoms. The van der Waals surface area contributed by atoms with E-state index in [2.05, 4.69) is 5.32 Å². The van der Waals surface area contributed by atoms with Crippen LogP contribution in [0.5, 0.6) is 11.5 Å². The molecule has 0 aliphatic heterocycles. The summed E-state index contributed by atoms with van der Waals surface area (Å²) in [5.74, 6) is 1.23. The topological polar surface area (TPSA) is 61.9 Å². The summed E-state index contributed by atoms with van der Waals surface area (Å²) in [6, 6.07) is 16.2. The van der Waals surface area contributed by atoms with Crippen molar-refractivity contribution >= 4 is 17.5 Å². The molecule has 0 aliphatic rings. The third kappa shape index (κ3) is 5.60. The number of para-hydroxylation sites is 1. The monoisotopic (exact) mass is 355 g/mol. The fourth-order valence-corrected chi connectivity index (χ4v) is 2.17. The summed E-state index contributed by atoms with van der Waals surface area (Å²) in [5, 5.41) is 2.86. The van der Waals surface area contributed by atoms with Crippen molar-refractivity contribution in [2.75, 3.05) is 33.0 Å². The van der Waals surface area contributed by atoms with Crippen molar-refractivity contribution in [2.45, 2.75) is 13.0 Å². The summed E-state index contributed by atoms with van der Waals surface area (Å²) in [5.41, 5.74) is 0.676. The molecule has 2 rings (SSSR count). The molecular weight excluding hydrogens is 330 g/mol. The van der Waals surface area contributed by atoms with Gasteiger partial charge in [-0.25, -0.2) is 0 Å². The Morgan fingerprint density at radius 1 is 0.962 bits per heavy atom. The number of amides is 2. The predicted molar refractivity (Wildman–Crippen MR) is 102 cm³/mol. The van der Waals surface area contributed by atoms with E-state index in [1.54, 1.807) is 57.2 Å². The maximum absolute atomic E-state index is 12.4. The van der Waals surface area contributed by atoms with E-state index in [1.807, 2.05) is 30.3 Å². The quantitative estimate of drug-likeness (QED) is 0.830. The summed E-state index contributed by atoms with van der Waals surface area (Å²) < 4.78 is 5.73. The van der Waals surface area contributed by atoms with Gasteiger partial charge in [0.25, 0.3) is 0 Å². The molecule has 0 aromatic heterocycles. The van der Waals surface area contributed by atoms with Crippen LogP contribution in [0.4, 0.5) is 5.69 Å². The van der Waals surface area contributed by atoms with Gasteiger partial charge in [-0.3, -0.25) is 14.5 Å². The number of hydrogen-bond donors (Lipinski definition) is 1. The van der Waals surface area contributed by atoms with Crippen LogP contribution in [-0.4, -0.2) is 55.3 Å². The number of nitrogens with zero attached hydrogens (tertiary/aromatic N) is 2. The highest BCUT2D eigenvalue weighted by molar-refractivity contribution is 5.95. The van der Waals surface area contributed by atoms with Crippen molar-refractivity contribution < 1.29 is 14.3 Å². The van der Waals surface area contributed by atoms with Gasteiger partial charge in [0.1, 0.15) is 11.5 Å². The highest BCUT2D eigenvalue weighted by atomic mass is 16.5. The Kier molecular flexibility index (Phi) is 6.74. The minimum absolute atomic E-state index is 0.0467. The van der Waals surface area contributed by atoms with E-state index < -0.39 is 6.04 Å². The van der Waals surface area contributed by atoms with Crippen LogP contribution < -0.4 is 10.1 Å². The molecule has 2 aromatic carbocycles. The lowest BCUT2D eigenvalue weighted by Gasteiger charge is -2.24. The smallest absolute Gasteiger partial charge is 0.241 e. The Hall–Kier alpha value is -2.86. The maximum Gasteiger partial charge on any atom is 0.241 e. The zero-order chi connectivity index (χ0) is 19.1. The average Bonchev–Trinajstić information content (AvgIpc) is 2.63. The molecule has 0 aliphatic carbocycles. The van der Waals surface area contributed by atoms with E-state index >= 15 is 0 Å². The molecule has 1 atom stereocenters. The van der Waals surface area contributed by atoms with E-state index in [0.29, 0.717) is 11.4 Å². The van der Waals surface area contributed by atoms with Gasteiger partial charge in [-0.05, 0) is 50.4 Å². The van der Waals surface area contributed by atoms with Crippen LogP contribution in [0.1, 0.15) is 6.92 Å². The highest BCUT2D eigenvalue weighted by Crippen LogP contribution is 2.22. The molecule has 0 fully saturated rings. The summed E-state index contributed by atoms with van der Waals surface area (Å²) in [6.45, 7) is 1.95. The Balaban J connectivity index is 1.91. The predicted octanol–water partition coefficient (Wildman–Crippen LogP) is 2.83. The second-order valence-corrected chi connectivity index (χ2v) is 6.31. The Labute approximate surface area is 154 Å². The van der Waals surface area contributed by atoms with Crippen LogP contribution >= 0.6 is 0 Å². The van der Waals surface area contributed by atoms with Gasteiger partial charge in [0.05, 0.1) is 12.6 Å². The van der Waals surface area contributed by atoms with Crippen molar-refractivity contribution in [3.05, 3.63) is 54.6 Å². The number of rotatable bonds is 7. The van der Waals surface area contributed by atoms with Crippen LogP contribution in [0.2, 0.25) is 0 Å². The number of likely N-dealkylation sites (N-methyl/N-ethyl adjacent to an activating group) is 2. The van der Waals surface area contributed by atoms with Crippen LogP contribution in [0.3, 0.4) is 0 Å². The van der Waals surface area contributed by atoms with Crippen LogP contribution in [0, 0.1) is 0 Å². The molecular formula is C20H25N3O3. The van der Waals surface area contributed by atoms with E-state index in [1.165, 1.54) is 4.90 Å². The van der Waals surface area contributed by atoms with Gasteiger partial charge >= 0.3 is 0 Å². The van der Waals surface area contributed by atoms with Crippen molar-refractivity contribution in [3.8, 4) is 11.5 Å². The van der Waals surface area contributed by atoms with Crippen LogP contribution in [0.15, 0.2) is 54.6 Å². The van der Waals surface area contributed by atoms with Crippen LogP contribution in [-0.2, 0) is 9.59 Å². The Bertz CT molecular complexity index is 730. The second-order valence-electron chi connectivity index (χ2n) is 6.31.